The van der Waals surface area contributed by atoms with E-state index >= 15 is 0 Å². The van der Waals surface area contributed by atoms with Crippen molar-refractivity contribution in [2.75, 3.05) is 13.2 Å². The molecule has 69 heavy (non-hydrogen) atoms. The van der Waals surface area contributed by atoms with Crippen molar-refractivity contribution < 1.29 is 28.6 Å². The van der Waals surface area contributed by atoms with E-state index in [0.717, 1.165) is 141 Å². The first-order chi connectivity index (χ1) is 34.0. The normalized spacial score (nSPS) is 13.4. The number of esters is 3. The second-order valence-corrected chi connectivity index (χ2v) is 17.0. The quantitative estimate of drug-likeness (QED) is 0.0262. The van der Waals surface area contributed by atoms with Crippen molar-refractivity contribution in [2.45, 2.75) is 207 Å². The van der Waals surface area contributed by atoms with Gasteiger partial charge in [0.05, 0.1) is 6.42 Å². The molecule has 0 N–H and O–H groups in total. The van der Waals surface area contributed by atoms with Crippen LogP contribution in [0.4, 0.5) is 0 Å². The van der Waals surface area contributed by atoms with Crippen molar-refractivity contribution in [3.63, 3.8) is 0 Å². The summed E-state index contributed by atoms with van der Waals surface area (Å²) in [5.74, 6) is -1.12. The Balaban J connectivity index is 4.60. The van der Waals surface area contributed by atoms with Crippen molar-refractivity contribution in [2.24, 2.45) is 0 Å². The Kier molecular flexibility index (Phi) is 51.6. The van der Waals surface area contributed by atoms with Gasteiger partial charge in [-0.3, -0.25) is 14.4 Å². The molecule has 0 amide bonds. The molecule has 0 bridgehead atoms. The average molecular weight is 949 g/mol. The van der Waals surface area contributed by atoms with E-state index in [9.17, 15) is 14.4 Å². The Morgan fingerprint density at radius 3 is 0.942 bits per heavy atom. The third kappa shape index (κ3) is 53.8. The first-order valence-electron chi connectivity index (χ1n) is 27.0. The lowest BCUT2D eigenvalue weighted by Crippen LogP contribution is -2.30. The van der Waals surface area contributed by atoms with E-state index in [0.29, 0.717) is 12.8 Å². The summed E-state index contributed by atoms with van der Waals surface area (Å²) in [7, 11) is 0. The van der Waals surface area contributed by atoms with Crippen LogP contribution in [-0.4, -0.2) is 37.2 Å². The molecule has 0 aliphatic carbocycles. The Hall–Kier alpha value is -4.97. The van der Waals surface area contributed by atoms with E-state index in [1.807, 2.05) is 6.08 Å². The predicted octanol–water partition coefficient (Wildman–Crippen LogP) is 18.2. The third-order valence-electron chi connectivity index (χ3n) is 10.5. The average Bonchev–Trinajstić information content (AvgIpc) is 3.35. The Morgan fingerprint density at radius 1 is 0.304 bits per heavy atom. The fourth-order valence-corrected chi connectivity index (χ4v) is 6.61. The molecule has 0 saturated carbocycles. The maximum Gasteiger partial charge on any atom is 0.309 e. The van der Waals surface area contributed by atoms with Gasteiger partial charge in [0.15, 0.2) is 6.10 Å². The molecular weight excluding hydrogens is 853 g/mol. The van der Waals surface area contributed by atoms with Crippen LogP contribution in [0, 0.1) is 0 Å². The minimum Gasteiger partial charge on any atom is -0.462 e. The largest absolute Gasteiger partial charge is 0.462 e. The fourth-order valence-electron chi connectivity index (χ4n) is 6.61. The number of hydrogen-bond acceptors (Lipinski definition) is 6. The summed E-state index contributed by atoms with van der Waals surface area (Å²) in [5, 5.41) is 0. The van der Waals surface area contributed by atoms with Gasteiger partial charge >= 0.3 is 17.9 Å². The minimum absolute atomic E-state index is 0.110. The second kappa shape index (κ2) is 55.6. The topological polar surface area (TPSA) is 78.9 Å². The summed E-state index contributed by atoms with van der Waals surface area (Å²) in [4.78, 5) is 38.0. The van der Waals surface area contributed by atoms with Crippen molar-refractivity contribution in [3.8, 4) is 0 Å². The van der Waals surface area contributed by atoms with Crippen LogP contribution in [0.25, 0.3) is 0 Å². The molecule has 0 aliphatic rings. The number of carbonyl (C=O) groups excluding carboxylic acids is 3. The van der Waals surface area contributed by atoms with Crippen LogP contribution in [0.3, 0.4) is 0 Å². The molecule has 6 heteroatoms. The lowest BCUT2D eigenvalue weighted by Gasteiger charge is -2.18. The maximum atomic E-state index is 12.8. The van der Waals surface area contributed by atoms with Crippen LogP contribution >= 0.6 is 0 Å². The van der Waals surface area contributed by atoms with Crippen molar-refractivity contribution >= 4 is 17.9 Å². The summed E-state index contributed by atoms with van der Waals surface area (Å²) in [6, 6.07) is 0. The second-order valence-electron chi connectivity index (χ2n) is 17.0. The predicted molar refractivity (Wildman–Crippen MR) is 297 cm³/mol. The van der Waals surface area contributed by atoms with E-state index < -0.39 is 12.1 Å². The molecular formula is C63H96O6. The van der Waals surface area contributed by atoms with Gasteiger partial charge in [-0.25, -0.2) is 0 Å². The molecule has 384 valence electrons. The van der Waals surface area contributed by atoms with Crippen molar-refractivity contribution in [3.05, 3.63) is 158 Å². The van der Waals surface area contributed by atoms with Crippen LogP contribution in [0.2, 0.25) is 0 Å². The van der Waals surface area contributed by atoms with Gasteiger partial charge in [0.1, 0.15) is 13.2 Å². The summed E-state index contributed by atoms with van der Waals surface area (Å²) >= 11 is 0. The Bertz CT molecular complexity index is 1610. The van der Waals surface area contributed by atoms with E-state index in [-0.39, 0.29) is 38.0 Å². The third-order valence-corrected chi connectivity index (χ3v) is 10.5. The molecule has 1 atom stereocenters. The van der Waals surface area contributed by atoms with Crippen LogP contribution in [0.15, 0.2) is 158 Å². The van der Waals surface area contributed by atoms with Gasteiger partial charge in [-0.1, -0.05) is 217 Å². The standard InChI is InChI=1S/C63H96O6/c1-4-7-10-13-16-19-22-25-28-30-31-33-35-38-41-44-47-50-53-56-62(65)68-59-60(58-67-61(64)55-52-49-46-43-40-37-34-27-24-21-18-15-12-9-6-3)69-63(66)57-54-51-48-45-42-39-36-32-29-26-23-20-17-14-11-8-5-2/h7-12,16-21,25-29,31,33-34,36,39-40,43,49,52,60H,4-6,13-15,22-24,30,32,35,37-38,41-42,44-48,50-51,53-59H2,1-3H3/b10-7-,11-8-,12-9-,19-16-,20-17-,21-18-,28-25-,29-26-,33-31-,34-27-,39-36-,43-40-,52-49-. The first kappa shape index (κ1) is 64.0. The summed E-state index contributed by atoms with van der Waals surface area (Å²) in [5.41, 5.74) is 0. The van der Waals surface area contributed by atoms with Gasteiger partial charge in [0.25, 0.3) is 0 Å². The smallest absolute Gasteiger partial charge is 0.309 e. The summed E-state index contributed by atoms with van der Waals surface area (Å²) in [6.45, 7) is 6.15. The molecule has 0 rings (SSSR count). The zero-order chi connectivity index (χ0) is 50.0. The van der Waals surface area contributed by atoms with Gasteiger partial charge in [-0.2, -0.15) is 0 Å². The lowest BCUT2D eigenvalue weighted by molar-refractivity contribution is -0.166. The van der Waals surface area contributed by atoms with E-state index in [4.69, 9.17) is 14.2 Å². The van der Waals surface area contributed by atoms with Gasteiger partial charge in [0.2, 0.25) is 0 Å². The highest BCUT2D eigenvalue weighted by atomic mass is 16.6. The molecule has 0 aromatic carbocycles. The SMILES string of the molecule is CC/C=C\C/C=C\C/C=C\C/C=C\C/C=C\CC(=O)OCC(COC(=O)CCCCCCCC/C=C\C/C=C\C/C=C\C/C=C\CC)OC(=O)CCCCCC/C=C\C/C=C\C/C=C\C/C=C\CC. The number of ether oxygens (including phenoxy) is 3. The highest BCUT2D eigenvalue weighted by Crippen LogP contribution is 2.12. The molecule has 0 radical (unpaired) electrons. The Labute approximate surface area is 422 Å². The van der Waals surface area contributed by atoms with E-state index in [1.165, 1.54) is 12.8 Å². The number of carbonyl (C=O) groups is 3. The van der Waals surface area contributed by atoms with Crippen molar-refractivity contribution in [1.29, 1.82) is 0 Å². The van der Waals surface area contributed by atoms with Crippen molar-refractivity contribution in [1.82, 2.24) is 0 Å². The number of allylic oxidation sites excluding steroid dienone is 25. The molecule has 0 spiro atoms. The first-order valence-corrected chi connectivity index (χ1v) is 27.0. The van der Waals surface area contributed by atoms with Gasteiger partial charge in [-0.15, -0.1) is 0 Å². The monoisotopic (exact) mass is 949 g/mol. The van der Waals surface area contributed by atoms with Gasteiger partial charge in [-0.05, 0) is 122 Å². The maximum absolute atomic E-state index is 12.8. The fraction of sp³-hybridized carbons (Fsp3) is 0.540. The molecule has 0 heterocycles. The van der Waals surface area contributed by atoms with Crippen LogP contribution in [-0.2, 0) is 28.6 Å². The van der Waals surface area contributed by atoms with Gasteiger partial charge in [0, 0.05) is 12.8 Å². The summed E-state index contributed by atoms with van der Waals surface area (Å²) in [6.07, 6.45) is 81.1. The molecule has 1 unspecified atom stereocenters. The molecule has 0 saturated heterocycles. The zero-order valence-corrected chi connectivity index (χ0v) is 43.8. The summed E-state index contributed by atoms with van der Waals surface area (Å²) < 4.78 is 16.7. The van der Waals surface area contributed by atoms with Crippen LogP contribution < -0.4 is 0 Å². The van der Waals surface area contributed by atoms with Crippen LogP contribution in [0.5, 0.6) is 0 Å². The van der Waals surface area contributed by atoms with Crippen LogP contribution in [0.1, 0.15) is 201 Å². The molecule has 0 aromatic rings. The lowest BCUT2D eigenvalue weighted by atomic mass is 10.1. The molecule has 0 fully saturated rings. The number of unbranched alkanes of at least 4 members (excludes halogenated alkanes) is 10. The highest BCUT2D eigenvalue weighted by molar-refractivity contribution is 5.72. The molecule has 0 aromatic heterocycles. The van der Waals surface area contributed by atoms with Gasteiger partial charge < -0.3 is 14.2 Å². The highest BCUT2D eigenvalue weighted by Gasteiger charge is 2.19. The minimum atomic E-state index is -0.845. The zero-order valence-electron chi connectivity index (χ0n) is 43.8. The van der Waals surface area contributed by atoms with E-state index in [2.05, 4.69) is 167 Å². The molecule has 0 aliphatic heterocycles. The Morgan fingerprint density at radius 2 is 0.580 bits per heavy atom. The number of hydrogen-bond donors (Lipinski definition) is 0. The number of rotatable bonds is 46. The molecule has 6 nitrogen and oxygen atoms in total. The van der Waals surface area contributed by atoms with E-state index in [1.54, 1.807) is 6.08 Å².